The van der Waals surface area contributed by atoms with E-state index >= 15 is 0 Å². The number of thioether (sulfide) groups is 1. The van der Waals surface area contributed by atoms with Gasteiger partial charge in [-0.15, -0.1) is 0 Å². The van der Waals surface area contributed by atoms with Gasteiger partial charge < -0.3 is 4.74 Å². The fourth-order valence-electron chi connectivity index (χ4n) is 4.76. The van der Waals surface area contributed by atoms with Gasteiger partial charge in [-0.1, -0.05) is 108 Å². The summed E-state index contributed by atoms with van der Waals surface area (Å²) in [5.74, 6) is 0.0222. The van der Waals surface area contributed by atoms with Crippen LogP contribution in [-0.2, 0) is 17.9 Å². The lowest BCUT2D eigenvalue weighted by molar-refractivity contribution is -0.123. The maximum atomic E-state index is 13.2. The van der Waals surface area contributed by atoms with Crippen LogP contribution in [0.4, 0.5) is 4.79 Å². The average Bonchev–Trinajstić information content (AvgIpc) is 3.20. The van der Waals surface area contributed by atoms with Crippen LogP contribution >= 0.6 is 35.0 Å². The number of hydrogen-bond acceptors (Lipinski definition) is 4. The molecule has 1 heterocycles. The third-order valence-corrected chi connectivity index (χ3v) is 8.12. The van der Waals surface area contributed by atoms with Crippen molar-refractivity contribution < 1.29 is 14.3 Å². The Morgan fingerprint density at radius 3 is 1.97 bits per heavy atom. The highest BCUT2D eigenvalue weighted by molar-refractivity contribution is 8.18. The molecule has 0 N–H and O–H groups in total. The zero-order valence-corrected chi connectivity index (χ0v) is 22.9. The lowest BCUT2D eigenvalue weighted by Gasteiger charge is -2.14. The quantitative estimate of drug-likeness (QED) is 0.191. The van der Waals surface area contributed by atoms with E-state index in [4.69, 9.17) is 27.9 Å². The van der Waals surface area contributed by atoms with Crippen LogP contribution in [0, 0.1) is 0 Å². The number of amides is 2. The van der Waals surface area contributed by atoms with Crippen molar-refractivity contribution in [3.8, 4) is 5.75 Å². The average molecular weight is 570 g/mol. The van der Waals surface area contributed by atoms with Gasteiger partial charge in [-0.05, 0) is 68.2 Å². The Morgan fingerprint density at radius 2 is 1.31 bits per heavy atom. The minimum atomic E-state index is -0.346. The molecule has 1 fully saturated rings. The molecule has 5 aromatic rings. The second kappa shape index (κ2) is 10.8. The Labute approximate surface area is 239 Å². The number of imide groups is 1. The molecule has 4 nitrogen and oxygen atoms in total. The van der Waals surface area contributed by atoms with Crippen LogP contribution in [0.25, 0.3) is 27.6 Å². The van der Waals surface area contributed by atoms with Gasteiger partial charge in [0, 0.05) is 0 Å². The number of carbonyl (C=O) groups excluding carboxylic acids is 2. The number of halogens is 2. The Kier molecular flexibility index (Phi) is 7.05. The largest absolute Gasteiger partial charge is 0.486 e. The zero-order valence-electron chi connectivity index (χ0n) is 20.6. The van der Waals surface area contributed by atoms with Crippen molar-refractivity contribution in [3.05, 3.63) is 129 Å². The van der Waals surface area contributed by atoms with Crippen LogP contribution in [0.5, 0.6) is 5.75 Å². The molecule has 192 valence electrons. The van der Waals surface area contributed by atoms with Crippen LogP contribution in [0.2, 0.25) is 10.0 Å². The summed E-state index contributed by atoms with van der Waals surface area (Å²) in [6, 6.07) is 31.3. The molecule has 6 rings (SSSR count). The van der Waals surface area contributed by atoms with E-state index in [1.165, 1.54) is 4.90 Å². The van der Waals surface area contributed by atoms with Gasteiger partial charge >= 0.3 is 0 Å². The first kappa shape index (κ1) is 25.5. The molecule has 1 aliphatic rings. The highest BCUT2D eigenvalue weighted by Gasteiger charge is 2.35. The zero-order chi connectivity index (χ0) is 26.9. The monoisotopic (exact) mass is 569 g/mol. The molecular formula is C32H21Cl2NO3S. The molecule has 0 aliphatic carbocycles. The molecule has 39 heavy (non-hydrogen) atoms. The minimum absolute atomic E-state index is 0.200. The van der Waals surface area contributed by atoms with Gasteiger partial charge in [0.25, 0.3) is 11.1 Å². The first-order valence-electron chi connectivity index (χ1n) is 12.3. The normalized spacial score (nSPS) is 14.6. The van der Waals surface area contributed by atoms with E-state index in [2.05, 4.69) is 12.1 Å². The number of fused-ring (bicyclic) bond motifs is 2. The summed E-state index contributed by atoms with van der Waals surface area (Å²) < 4.78 is 6.02. The van der Waals surface area contributed by atoms with E-state index in [9.17, 15) is 9.59 Å². The molecule has 0 atom stereocenters. The molecule has 0 aromatic heterocycles. The first-order chi connectivity index (χ1) is 19.0. The number of hydrogen-bond donors (Lipinski definition) is 0. The predicted molar refractivity (Wildman–Crippen MR) is 160 cm³/mol. The second-order valence-corrected chi connectivity index (χ2v) is 11.0. The van der Waals surface area contributed by atoms with Gasteiger partial charge in [0.2, 0.25) is 0 Å². The molecule has 1 saturated heterocycles. The van der Waals surface area contributed by atoms with Gasteiger partial charge in [0.1, 0.15) is 6.61 Å². The standard InChI is InChI=1S/C32H21Cl2NO3S/c33-27-15-20(16-28(34)30(27)38-19-24-12-6-10-22-8-2-4-14-26(22)24)17-29-31(36)35(32(37)39-29)18-23-11-5-9-21-7-1-3-13-25(21)23/h1-17H,18-19H2/b29-17+. The smallest absolute Gasteiger partial charge is 0.293 e. The summed E-state index contributed by atoms with van der Waals surface area (Å²) in [4.78, 5) is 27.6. The molecule has 0 unspecified atom stereocenters. The van der Waals surface area contributed by atoms with Crippen LogP contribution in [0.15, 0.2) is 102 Å². The van der Waals surface area contributed by atoms with Gasteiger partial charge in [0.15, 0.2) is 5.75 Å². The maximum absolute atomic E-state index is 13.2. The van der Waals surface area contributed by atoms with E-state index in [1.54, 1.807) is 18.2 Å². The third kappa shape index (κ3) is 5.13. The Hall–Kier alpha value is -3.77. The van der Waals surface area contributed by atoms with Crippen LogP contribution in [-0.4, -0.2) is 16.0 Å². The van der Waals surface area contributed by atoms with Gasteiger partial charge in [-0.25, -0.2) is 0 Å². The number of ether oxygens (including phenoxy) is 1. The van der Waals surface area contributed by atoms with Crippen LogP contribution in [0.3, 0.4) is 0 Å². The summed E-state index contributed by atoms with van der Waals surface area (Å²) in [6.07, 6.45) is 1.64. The highest BCUT2D eigenvalue weighted by Crippen LogP contribution is 2.38. The second-order valence-electron chi connectivity index (χ2n) is 9.15. The van der Waals surface area contributed by atoms with Crippen LogP contribution < -0.4 is 4.74 Å². The topological polar surface area (TPSA) is 46.6 Å². The van der Waals surface area contributed by atoms with Gasteiger partial charge in [-0.2, -0.15) is 0 Å². The lowest BCUT2D eigenvalue weighted by Crippen LogP contribution is -2.27. The maximum Gasteiger partial charge on any atom is 0.293 e. The number of nitrogens with zero attached hydrogens (tertiary/aromatic N) is 1. The highest BCUT2D eigenvalue weighted by atomic mass is 35.5. The van der Waals surface area contributed by atoms with Crippen molar-refractivity contribution in [3.63, 3.8) is 0 Å². The van der Waals surface area contributed by atoms with Gasteiger partial charge in [0.05, 0.1) is 21.5 Å². The van der Waals surface area contributed by atoms with Crippen molar-refractivity contribution >= 4 is 73.7 Å². The SMILES string of the molecule is O=C1S/C(=C/c2cc(Cl)c(OCc3cccc4ccccc34)c(Cl)c2)C(=O)N1Cc1cccc2ccccc12. The molecule has 0 spiro atoms. The molecule has 7 heteroatoms. The van der Waals surface area contributed by atoms with Crippen molar-refractivity contribution in [2.75, 3.05) is 0 Å². The summed E-state index contributed by atoms with van der Waals surface area (Å²) in [7, 11) is 0. The summed E-state index contributed by atoms with van der Waals surface area (Å²) in [6.45, 7) is 0.499. The van der Waals surface area contributed by atoms with E-state index in [0.717, 1.165) is 44.4 Å². The Bertz CT molecular complexity index is 1770. The van der Waals surface area contributed by atoms with Crippen molar-refractivity contribution in [2.45, 2.75) is 13.2 Å². The molecule has 0 saturated carbocycles. The van der Waals surface area contributed by atoms with Crippen molar-refractivity contribution in [2.24, 2.45) is 0 Å². The summed E-state index contributed by atoms with van der Waals surface area (Å²) in [5.41, 5.74) is 2.54. The number of carbonyl (C=O) groups is 2. The predicted octanol–water partition coefficient (Wildman–Crippen LogP) is 9.12. The molecule has 0 bridgehead atoms. The van der Waals surface area contributed by atoms with Crippen molar-refractivity contribution in [1.29, 1.82) is 0 Å². The van der Waals surface area contributed by atoms with E-state index in [0.29, 0.717) is 32.9 Å². The fraction of sp³-hybridized carbons (Fsp3) is 0.0625. The van der Waals surface area contributed by atoms with Crippen LogP contribution in [0.1, 0.15) is 16.7 Å². The van der Waals surface area contributed by atoms with Crippen molar-refractivity contribution in [1.82, 2.24) is 4.90 Å². The fourth-order valence-corrected chi connectivity index (χ4v) is 6.21. The summed E-state index contributed by atoms with van der Waals surface area (Å²) >= 11 is 14.0. The van der Waals surface area contributed by atoms with Gasteiger partial charge in [-0.3, -0.25) is 14.5 Å². The van der Waals surface area contributed by atoms with E-state index < -0.39 is 0 Å². The van der Waals surface area contributed by atoms with E-state index in [1.807, 2.05) is 72.8 Å². The molecular weight excluding hydrogens is 549 g/mol. The molecule has 1 aliphatic heterocycles. The first-order valence-corrected chi connectivity index (χ1v) is 13.9. The third-order valence-electron chi connectivity index (χ3n) is 6.65. The van der Waals surface area contributed by atoms with E-state index in [-0.39, 0.29) is 17.7 Å². The summed E-state index contributed by atoms with van der Waals surface area (Å²) in [5, 5.41) is 4.63. The molecule has 5 aromatic carbocycles. The number of rotatable bonds is 6. The Morgan fingerprint density at radius 1 is 0.744 bits per heavy atom. The molecule has 0 radical (unpaired) electrons. The molecule has 2 amide bonds. The number of benzene rings is 5. The lowest BCUT2D eigenvalue weighted by atomic mass is 10.0. The Balaban J connectivity index is 1.21. The minimum Gasteiger partial charge on any atom is -0.486 e.